The van der Waals surface area contributed by atoms with Gasteiger partial charge in [-0.15, -0.1) is 0 Å². The summed E-state index contributed by atoms with van der Waals surface area (Å²) in [4.78, 5) is 30.1. The third kappa shape index (κ3) is 3.58. The topological polar surface area (TPSA) is 76.1 Å². The first kappa shape index (κ1) is 19.5. The number of halogens is 1. The van der Waals surface area contributed by atoms with Crippen molar-refractivity contribution in [2.45, 2.75) is 31.2 Å². The van der Waals surface area contributed by atoms with Gasteiger partial charge in [0, 0.05) is 61.4 Å². The number of carbonyl (C=O) groups is 2. The number of nitrogens with one attached hydrogen (secondary N) is 1. The van der Waals surface area contributed by atoms with E-state index in [9.17, 15) is 14.7 Å². The van der Waals surface area contributed by atoms with Crippen LogP contribution >= 0.6 is 11.6 Å². The van der Waals surface area contributed by atoms with E-state index >= 15 is 0 Å². The van der Waals surface area contributed by atoms with E-state index in [1.165, 1.54) is 4.90 Å². The van der Waals surface area contributed by atoms with E-state index in [2.05, 4.69) is 17.1 Å². The monoisotopic (exact) mass is 406 g/mol. The lowest BCUT2D eigenvalue weighted by molar-refractivity contribution is -0.120. The lowest BCUT2D eigenvalue weighted by Crippen LogP contribution is -2.53. The molecule has 2 saturated heterocycles. The highest BCUT2D eigenvalue weighted by Gasteiger charge is 2.47. The third-order valence-electron chi connectivity index (χ3n) is 6.39. The lowest BCUT2D eigenvalue weighted by atomic mass is 9.74. The van der Waals surface area contributed by atoms with Gasteiger partial charge in [-0.1, -0.05) is 17.7 Å². The first-order valence-electron chi connectivity index (χ1n) is 9.92. The zero-order valence-electron chi connectivity index (χ0n) is 16.2. The van der Waals surface area contributed by atoms with Gasteiger partial charge in [-0.2, -0.15) is 0 Å². The van der Waals surface area contributed by atoms with Crippen molar-refractivity contribution in [3.05, 3.63) is 28.8 Å². The number of benzene rings is 1. The van der Waals surface area contributed by atoms with Gasteiger partial charge >= 0.3 is 6.09 Å². The molecule has 0 aliphatic carbocycles. The van der Waals surface area contributed by atoms with Crippen LogP contribution in [0.15, 0.2) is 18.2 Å². The third-order valence-corrected chi connectivity index (χ3v) is 6.62. The van der Waals surface area contributed by atoms with E-state index < -0.39 is 6.09 Å². The summed E-state index contributed by atoms with van der Waals surface area (Å²) >= 11 is 6.25. The standard InChI is InChI=1S/C20H27ClN4O3/c1-14-11-23(9-6-22-14)12-18(26)25-13-20(4-7-24(8-5-20)19(27)28)16-3-2-15(21)10-17(16)25/h2-3,10,14,22H,4-9,11-13H2,1H3,(H,27,28)/t14-/m1/s1. The van der Waals surface area contributed by atoms with Crippen molar-refractivity contribution in [2.75, 3.05) is 50.7 Å². The smallest absolute Gasteiger partial charge is 0.407 e. The van der Waals surface area contributed by atoms with Crippen LogP contribution in [0.1, 0.15) is 25.3 Å². The molecule has 3 heterocycles. The average Bonchev–Trinajstić information content (AvgIpc) is 2.95. The van der Waals surface area contributed by atoms with Crippen molar-refractivity contribution < 1.29 is 14.7 Å². The summed E-state index contributed by atoms with van der Waals surface area (Å²) in [7, 11) is 0. The molecule has 4 rings (SSSR count). The number of piperazine rings is 1. The number of nitrogens with zero attached hydrogens (tertiary/aromatic N) is 3. The Balaban J connectivity index is 1.55. The molecule has 152 valence electrons. The number of piperidine rings is 1. The minimum Gasteiger partial charge on any atom is -0.465 e. The molecule has 2 amide bonds. The minimum absolute atomic E-state index is 0.0927. The minimum atomic E-state index is -0.870. The molecule has 8 heteroatoms. The molecule has 1 aromatic rings. The van der Waals surface area contributed by atoms with Gasteiger partial charge in [-0.05, 0) is 37.5 Å². The van der Waals surface area contributed by atoms with Gasteiger partial charge in [0.05, 0.1) is 6.54 Å². The molecule has 0 saturated carbocycles. The number of amides is 2. The molecular weight excluding hydrogens is 380 g/mol. The van der Waals surface area contributed by atoms with Crippen LogP contribution in [-0.2, 0) is 10.2 Å². The van der Waals surface area contributed by atoms with Crippen molar-refractivity contribution in [1.82, 2.24) is 15.1 Å². The number of likely N-dealkylation sites (tertiary alicyclic amines) is 1. The highest BCUT2D eigenvalue weighted by Crippen LogP contribution is 2.47. The van der Waals surface area contributed by atoms with Gasteiger partial charge in [0.15, 0.2) is 0 Å². The van der Waals surface area contributed by atoms with Crippen LogP contribution in [0.2, 0.25) is 5.02 Å². The first-order chi connectivity index (χ1) is 13.4. The van der Waals surface area contributed by atoms with Crippen LogP contribution in [0.4, 0.5) is 10.5 Å². The van der Waals surface area contributed by atoms with Gasteiger partial charge in [0.1, 0.15) is 0 Å². The Kier molecular flexibility index (Phi) is 5.24. The molecule has 3 aliphatic heterocycles. The summed E-state index contributed by atoms with van der Waals surface area (Å²) in [5.41, 5.74) is 1.84. The molecule has 3 aliphatic rings. The summed E-state index contributed by atoms with van der Waals surface area (Å²) in [5.74, 6) is 0.0927. The molecule has 0 radical (unpaired) electrons. The van der Waals surface area contributed by atoms with Crippen molar-refractivity contribution in [1.29, 1.82) is 0 Å². The highest BCUT2D eigenvalue weighted by atomic mass is 35.5. The number of fused-ring (bicyclic) bond motifs is 2. The van der Waals surface area contributed by atoms with Crippen molar-refractivity contribution in [2.24, 2.45) is 0 Å². The lowest BCUT2D eigenvalue weighted by Gasteiger charge is -2.39. The van der Waals surface area contributed by atoms with Crippen molar-refractivity contribution in [3.63, 3.8) is 0 Å². The molecule has 0 aromatic heterocycles. The molecule has 1 atom stereocenters. The summed E-state index contributed by atoms with van der Waals surface area (Å²) in [6.45, 7) is 6.75. The maximum Gasteiger partial charge on any atom is 0.407 e. The molecule has 2 fully saturated rings. The first-order valence-corrected chi connectivity index (χ1v) is 10.3. The van der Waals surface area contributed by atoms with Crippen LogP contribution in [0, 0.1) is 0 Å². The highest BCUT2D eigenvalue weighted by molar-refractivity contribution is 6.31. The number of carbonyl (C=O) groups excluding carboxylic acids is 1. The molecule has 28 heavy (non-hydrogen) atoms. The van der Waals surface area contributed by atoms with Gasteiger partial charge < -0.3 is 20.2 Å². The fraction of sp³-hybridized carbons (Fsp3) is 0.600. The maximum absolute atomic E-state index is 13.2. The van der Waals surface area contributed by atoms with Crippen LogP contribution in [0.3, 0.4) is 0 Å². The van der Waals surface area contributed by atoms with Crippen LogP contribution in [-0.4, -0.2) is 78.8 Å². The molecule has 0 bridgehead atoms. The fourth-order valence-corrected chi connectivity index (χ4v) is 5.02. The molecular formula is C20H27ClN4O3. The Hall–Kier alpha value is -1.83. The quantitative estimate of drug-likeness (QED) is 0.785. The second kappa shape index (κ2) is 7.54. The van der Waals surface area contributed by atoms with E-state index in [1.54, 1.807) is 0 Å². The number of hydrogen-bond acceptors (Lipinski definition) is 4. The van der Waals surface area contributed by atoms with Crippen molar-refractivity contribution >= 4 is 29.3 Å². The summed E-state index contributed by atoms with van der Waals surface area (Å²) in [5, 5.41) is 13.3. The predicted molar refractivity (Wildman–Crippen MR) is 108 cm³/mol. The maximum atomic E-state index is 13.2. The largest absolute Gasteiger partial charge is 0.465 e. The average molecular weight is 407 g/mol. The van der Waals surface area contributed by atoms with E-state index in [0.717, 1.165) is 43.7 Å². The second-order valence-electron chi connectivity index (χ2n) is 8.28. The number of anilines is 1. The zero-order chi connectivity index (χ0) is 19.9. The van der Waals surface area contributed by atoms with E-state index in [4.69, 9.17) is 11.6 Å². The molecule has 1 aromatic carbocycles. The van der Waals surface area contributed by atoms with Crippen LogP contribution in [0.5, 0.6) is 0 Å². The SMILES string of the molecule is C[C@@H]1CN(CC(=O)N2CC3(CCN(C(=O)O)CC3)c3ccc(Cl)cc32)CCN1. The normalized spacial score (nSPS) is 24.4. The number of hydrogen-bond donors (Lipinski definition) is 2. The van der Waals surface area contributed by atoms with E-state index in [1.807, 2.05) is 23.1 Å². The van der Waals surface area contributed by atoms with Crippen LogP contribution in [0.25, 0.3) is 0 Å². The summed E-state index contributed by atoms with van der Waals surface area (Å²) in [6, 6.07) is 6.16. The Bertz CT molecular complexity index is 779. The summed E-state index contributed by atoms with van der Waals surface area (Å²) < 4.78 is 0. The van der Waals surface area contributed by atoms with Gasteiger partial charge in [-0.25, -0.2) is 4.79 Å². The summed E-state index contributed by atoms with van der Waals surface area (Å²) in [6.07, 6.45) is 0.579. The van der Waals surface area contributed by atoms with Crippen LogP contribution < -0.4 is 10.2 Å². The molecule has 7 nitrogen and oxygen atoms in total. The van der Waals surface area contributed by atoms with Gasteiger partial charge in [0.2, 0.25) is 5.91 Å². The Morgan fingerprint density at radius 2 is 2.04 bits per heavy atom. The Morgan fingerprint density at radius 1 is 1.29 bits per heavy atom. The van der Waals surface area contributed by atoms with Gasteiger partial charge in [-0.3, -0.25) is 9.69 Å². The van der Waals surface area contributed by atoms with Gasteiger partial charge in [0.25, 0.3) is 0 Å². The number of carboxylic acid groups (broad SMARTS) is 1. The van der Waals surface area contributed by atoms with E-state index in [0.29, 0.717) is 37.2 Å². The molecule has 2 N–H and O–H groups in total. The fourth-order valence-electron chi connectivity index (χ4n) is 4.86. The molecule has 1 spiro atoms. The Morgan fingerprint density at radius 3 is 2.71 bits per heavy atom. The van der Waals surface area contributed by atoms with E-state index in [-0.39, 0.29) is 11.3 Å². The Labute approximate surface area is 170 Å². The predicted octanol–water partition coefficient (Wildman–Crippen LogP) is 1.99. The van der Waals surface area contributed by atoms with Crippen molar-refractivity contribution in [3.8, 4) is 0 Å². The second-order valence-corrected chi connectivity index (χ2v) is 8.72. The number of rotatable bonds is 2. The zero-order valence-corrected chi connectivity index (χ0v) is 16.9. The molecule has 0 unspecified atom stereocenters.